The third-order valence-corrected chi connectivity index (χ3v) is 5.05. The van der Waals surface area contributed by atoms with E-state index in [2.05, 4.69) is 17.3 Å². The van der Waals surface area contributed by atoms with E-state index < -0.39 is 0 Å². The van der Waals surface area contributed by atoms with Crippen LogP contribution in [0.15, 0.2) is 0 Å². The zero-order chi connectivity index (χ0) is 13.3. The van der Waals surface area contributed by atoms with Gasteiger partial charge in [-0.05, 0) is 45.1 Å². The Bertz CT molecular complexity index is 305. The first-order valence-electron chi connectivity index (χ1n) is 7.67. The lowest BCUT2D eigenvalue weighted by Gasteiger charge is -2.29. The minimum absolute atomic E-state index is 0.172. The van der Waals surface area contributed by atoms with Crippen molar-refractivity contribution < 1.29 is 4.79 Å². The van der Waals surface area contributed by atoms with Crippen molar-refractivity contribution in [2.45, 2.75) is 71.1 Å². The lowest BCUT2D eigenvalue weighted by atomic mass is 9.78. The maximum atomic E-state index is 11.6. The summed E-state index contributed by atoms with van der Waals surface area (Å²) in [4.78, 5) is 13.9. The van der Waals surface area contributed by atoms with E-state index in [0.717, 1.165) is 24.3 Å². The highest BCUT2D eigenvalue weighted by Crippen LogP contribution is 2.45. The largest absolute Gasteiger partial charge is 0.298 e. The molecule has 0 spiro atoms. The fourth-order valence-electron chi connectivity index (χ4n) is 4.25. The molecule has 3 heteroatoms. The highest BCUT2D eigenvalue weighted by Gasteiger charge is 2.52. The van der Waals surface area contributed by atoms with Gasteiger partial charge in [-0.25, -0.2) is 0 Å². The van der Waals surface area contributed by atoms with Gasteiger partial charge in [0.15, 0.2) is 0 Å². The van der Waals surface area contributed by atoms with Crippen LogP contribution < -0.4 is 5.32 Å². The van der Waals surface area contributed by atoms with Gasteiger partial charge < -0.3 is 0 Å². The average Bonchev–Trinajstić information content (AvgIpc) is 2.90. The Morgan fingerprint density at radius 2 is 1.83 bits per heavy atom. The maximum Gasteiger partial charge on any atom is 0.146 e. The first kappa shape index (κ1) is 14.0. The van der Waals surface area contributed by atoms with Gasteiger partial charge in [-0.2, -0.15) is 0 Å². The van der Waals surface area contributed by atoms with Gasteiger partial charge in [0.2, 0.25) is 0 Å². The SMILES string of the molecule is CC.CC(=O)C1CC2C3CCCCC3NC2N1C. The Kier molecular flexibility index (Phi) is 4.44. The number of carbonyl (C=O) groups excluding carboxylic acids is 1. The smallest absolute Gasteiger partial charge is 0.146 e. The van der Waals surface area contributed by atoms with Gasteiger partial charge >= 0.3 is 0 Å². The number of hydrogen-bond acceptors (Lipinski definition) is 3. The normalized spacial score (nSPS) is 42.8. The summed E-state index contributed by atoms with van der Waals surface area (Å²) in [6.45, 7) is 5.74. The molecule has 0 amide bonds. The topological polar surface area (TPSA) is 32.3 Å². The molecule has 0 bridgehead atoms. The van der Waals surface area contributed by atoms with Crippen LogP contribution >= 0.6 is 0 Å². The van der Waals surface area contributed by atoms with Crippen LogP contribution in [0.1, 0.15) is 52.9 Å². The summed E-state index contributed by atoms with van der Waals surface area (Å²) in [6, 6.07) is 0.907. The number of Topliss-reactive ketones (excluding diaryl/α,β-unsaturated/α-hetero) is 1. The van der Waals surface area contributed by atoms with Crippen molar-refractivity contribution in [3.8, 4) is 0 Å². The summed E-state index contributed by atoms with van der Waals surface area (Å²) >= 11 is 0. The monoisotopic (exact) mass is 252 g/mol. The van der Waals surface area contributed by atoms with Crippen LogP contribution in [-0.2, 0) is 4.79 Å². The van der Waals surface area contributed by atoms with Crippen molar-refractivity contribution in [1.29, 1.82) is 0 Å². The zero-order valence-corrected chi connectivity index (χ0v) is 12.3. The molecule has 3 fully saturated rings. The maximum absolute atomic E-state index is 11.6. The molecule has 3 nitrogen and oxygen atoms in total. The van der Waals surface area contributed by atoms with Crippen LogP contribution in [0.2, 0.25) is 0 Å². The van der Waals surface area contributed by atoms with Crippen LogP contribution in [0.4, 0.5) is 0 Å². The van der Waals surface area contributed by atoms with E-state index in [1.807, 2.05) is 13.8 Å². The number of fused-ring (bicyclic) bond motifs is 3. The Morgan fingerprint density at radius 1 is 1.17 bits per heavy atom. The molecule has 2 saturated heterocycles. The van der Waals surface area contributed by atoms with Crippen LogP contribution in [-0.4, -0.2) is 36.0 Å². The minimum atomic E-state index is 0.172. The standard InChI is InChI=1S/C13H22N2O.C2H6/c1-8(16)12-7-10-9-5-3-4-6-11(9)14-13(10)15(12)2;1-2/h9-14H,3-7H2,1-2H3;1-2H3. The molecule has 2 heterocycles. The molecule has 1 aliphatic carbocycles. The summed E-state index contributed by atoms with van der Waals surface area (Å²) in [5.41, 5.74) is 0. The number of likely N-dealkylation sites (N-methyl/N-ethyl adjacent to an activating group) is 1. The van der Waals surface area contributed by atoms with E-state index in [4.69, 9.17) is 0 Å². The van der Waals surface area contributed by atoms with Gasteiger partial charge in [0.25, 0.3) is 0 Å². The third-order valence-electron chi connectivity index (χ3n) is 5.05. The molecule has 3 rings (SSSR count). The molecule has 1 N–H and O–H groups in total. The third kappa shape index (κ3) is 2.23. The molecular weight excluding hydrogens is 224 g/mol. The second-order valence-electron chi connectivity index (χ2n) is 5.86. The first-order chi connectivity index (χ1) is 8.68. The molecule has 2 aliphatic heterocycles. The molecule has 0 aromatic carbocycles. The summed E-state index contributed by atoms with van der Waals surface area (Å²) in [5, 5.41) is 3.76. The molecule has 18 heavy (non-hydrogen) atoms. The van der Waals surface area contributed by atoms with Crippen molar-refractivity contribution in [2.75, 3.05) is 7.05 Å². The summed E-state index contributed by atoms with van der Waals surface area (Å²) in [5.74, 6) is 1.90. The molecule has 104 valence electrons. The second-order valence-corrected chi connectivity index (χ2v) is 5.86. The Hall–Kier alpha value is -0.410. The van der Waals surface area contributed by atoms with Gasteiger partial charge in [-0.3, -0.25) is 15.0 Å². The van der Waals surface area contributed by atoms with E-state index in [0.29, 0.717) is 11.9 Å². The quantitative estimate of drug-likeness (QED) is 0.778. The van der Waals surface area contributed by atoms with Crippen molar-refractivity contribution in [1.82, 2.24) is 10.2 Å². The predicted molar refractivity (Wildman–Crippen MR) is 74.4 cm³/mol. The van der Waals surface area contributed by atoms with E-state index >= 15 is 0 Å². The lowest BCUT2D eigenvalue weighted by Crippen LogP contribution is -2.45. The van der Waals surface area contributed by atoms with E-state index in [1.54, 1.807) is 6.92 Å². The minimum Gasteiger partial charge on any atom is -0.298 e. The zero-order valence-electron chi connectivity index (χ0n) is 12.3. The first-order valence-corrected chi connectivity index (χ1v) is 7.67. The Morgan fingerprint density at radius 3 is 2.50 bits per heavy atom. The highest BCUT2D eigenvalue weighted by atomic mass is 16.1. The molecular formula is C15H28N2O. The number of ketones is 1. The molecule has 0 aromatic heterocycles. The number of nitrogens with zero attached hydrogens (tertiary/aromatic N) is 1. The fraction of sp³-hybridized carbons (Fsp3) is 0.933. The number of hydrogen-bond donors (Lipinski definition) is 1. The molecule has 3 aliphatic rings. The molecule has 0 radical (unpaired) electrons. The van der Waals surface area contributed by atoms with Crippen molar-refractivity contribution in [2.24, 2.45) is 11.8 Å². The van der Waals surface area contributed by atoms with Gasteiger partial charge in [0, 0.05) is 6.04 Å². The van der Waals surface area contributed by atoms with Crippen molar-refractivity contribution in [3.63, 3.8) is 0 Å². The van der Waals surface area contributed by atoms with Crippen LogP contribution in [0.3, 0.4) is 0 Å². The summed E-state index contributed by atoms with van der Waals surface area (Å²) in [6.07, 6.45) is 7.05. The number of likely N-dealkylation sites (tertiary alicyclic amines) is 1. The molecule has 5 atom stereocenters. The Labute approximate surface area is 111 Å². The number of rotatable bonds is 1. The van der Waals surface area contributed by atoms with Crippen molar-refractivity contribution in [3.05, 3.63) is 0 Å². The second kappa shape index (κ2) is 5.70. The highest BCUT2D eigenvalue weighted by molar-refractivity contribution is 5.81. The lowest BCUT2D eigenvalue weighted by molar-refractivity contribution is -0.121. The average molecular weight is 252 g/mol. The summed E-state index contributed by atoms with van der Waals surface area (Å²) < 4.78 is 0. The molecule has 5 unspecified atom stereocenters. The Balaban J connectivity index is 0.000000574. The number of nitrogens with one attached hydrogen (secondary N) is 1. The van der Waals surface area contributed by atoms with Gasteiger partial charge in [0.05, 0.1) is 12.2 Å². The van der Waals surface area contributed by atoms with Crippen LogP contribution in [0.5, 0.6) is 0 Å². The predicted octanol–water partition coefficient (Wildman–Crippen LogP) is 2.41. The van der Waals surface area contributed by atoms with Crippen LogP contribution in [0.25, 0.3) is 0 Å². The summed E-state index contributed by atoms with van der Waals surface area (Å²) in [7, 11) is 2.11. The van der Waals surface area contributed by atoms with Gasteiger partial charge in [0.1, 0.15) is 5.78 Å². The molecule has 1 saturated carbocycles. The fourth-order valence-corrected chi connectivity index (χ4v) is 4.25. The van der Waals surface area contributed by atoms with Crippen molar-refractivity contribution >= 4 is 5.78 Å². The molecule has 0 aromatic rings. The van der Waals surface area contributed by atoms with E-state index in [-0.39, 0.29) is 6.04 Å². The van der Waals surface area contributed by atoms with Gasteiger partial charge in [-0.1, -0.05) is 26.7 Å². The van der Waals surface area contributed by atoms with Gasteiger partial charge in [-0.15, -0.1) is 0 Å². The van der Waals surface area contributed by atoms with E-state index in [9.17, 15) is 4.79 Å². The number of carbonyl (C=O) groups is 1. The van der Waals surface area contributed by atoms with E-state index in [1.165, 1.54) is 25.7 Å². The van der Waals surface area contributed by atoms with Crippen LogP contribution in [0, 0.1) is 11.8 Å².